The van der Waals surface area contributed by atoms with E-state index in [2.05, 4.69) is 0 Å². The zero-order valence-corrected chi connectivity index (χ0v) is 8.73. The first-order valence-corrected chi connectivity index (χ1v) is 4.65. The fourth-order valence-electron chi connectivity index (χ4n) is 1.15. The predicted molar refractivity (Wildman–Crippen MR) is 55.2 cm³/mol. The van der Waals surface area contributed by atoms with Crippen molar-refractivity contribution in [3.05, 3.63) is 33.3 Å². The van der Waals surface area contributed by atoms with Gasteiger partial charge in [0.05, 0.1) is 16.1 Å². The molecule has 0 saturated heterocycles. The van der Waals surface area contributed by atoms with E-state index in [1.54, 1.807) is 12.1 Å². The highest BCUT2D eigenvalue weighted by Crippen LogP contribution is 2.28. The minimum Gasteiger partial charge on any atom is -0.387 e. The van der Waals surface area contributed by atoms with Gasteiger partial charge in [0.15, 0.2) is 0 Å². The second-order valence-corrected chi connectivity index (χ2v) is 3.69. The van der Waals surface area contributed by atoms with Gasteiger partial charge in [0.2, 0.25) is 0 Å². The van der Waals surface area contributed by atoms with E-state index in [4.69, 9.17) is 28.9 Å². The van der Waals surface area contributed by atoms with Gasteiger partial charge in [0, 0.05) is 6.54 Å². The quantitative estimate of drug-likeness (QED) is 0.803. The minimum atomic E-state index is -0.672. The Morgan fingerprint density at radius 3 is 2.46 bits per heavy atom. The molecule has 3 N–H and O–H groups in total. The summed E-state index contributed by atoms with van der Waals surface area (Å²) in [6.45, 7) is 2.04. The second-order valence-electron chi connectivity index (χ2n) is 2.87. The Morgan fingerprint density at radius 2 is 1.92 bits per heavy atom. The number of hydrogen-bond donors (Lipinski definition) is 2. The monoisotopic (exact) mass is 219 g/mol. The maximum Gasteiger partial charge on any atom is 0.0915 e. The first kappa shape index (κ1) is 10.8. The van der Waals surface area contributed by atoms with Crippen LogP contribution in [0.5, 0.6) is 0 Å². The number of rotatable bonds is 2. The van der Waals surface area contributed by atoms with Crippen LogP contribution in [-0.4, -0.2) is 11.7 Å². The van der Waals surface area contributed by atoms with Gasteiger partial charge >= 0.3 is 0 Å². The Labute approximate surface area is 87.3 Å². The Hall–Kier alpha value is -0.280. The molecule has 1 unspecified atom stereocenters. The molecule has 1 rings (SSSR count). The van der Waals surface area contributed by atoms with Gasteiger partial charge in [-0.25, -0.2) is 0 Å². The smallest absolute Gasteiger partial charge is 0.0915 e. The van der Waals surface area contributed by atoms with Crippen molar-refractivity contribution in [3.63, 3.8) is 0 Å². The summed E-state index contributed by atoms with van der Waals surface area (Å²) in [5.74, 6) is 0. The van der Waals surface area contributed by atoms with Gasteiger partial charge in [-0.2, -0.15) is 0 Å². The predicted octanol–water partition coefficient (Wildman–Crippen LogP) is 2.29. The van der Waals surface area contributed by atoms with Crippen LogP contribution in [0.25, 0.3) is 0 Å². The van der Waals surface area contributed by atoms with Crippen LogP contribution in [0.2, 0.25) is 10.0 Å². The van der Waals surface area contributed by atoms with E-state index in [1.165, 1.54) is 0 Å². The standard InChI is InChI=1S/C9H11Cl2NO/c1-5-2-7(10)8(11)3-6(5)9(13)4-12/h2-3,9,13H,4,12H2,1H3. The summed E-state index contributed by atoms with van der Waals surface area (Å²) >= 11 is 11.6. The van der Waals surface area contributed by atoms with Gasteiger partial charge in [-0.15, -0.1) is 0 Å². The van der Waals surface area contributed by atoms with Crippen LogP contribution in [0, 0.1) is 6.92 Å². The average Bonchev–Trinajstić information content (AvgIpc) is 2.10. The van der Waals surface area contributed by atoms with Gasteiger partial charge in [-0.1, -0.05) is 23.2 Å². The van der Waals surface area contributed by atoms with Crippen molar-refractivity contribution in [2.45, 2.75) is 13.0 Å². The molecule has 1 aromatic rings. The van der Waals surface area contributed by atoms with Crippen molar-refractivity contribution < 1.29 is 5.11 Å². The lowest BCUT2D eigenvalue weighted by Crippen LogP contribution is -2.12. The summed E-state index contributed by atoms with van der Waals surface area (Å²) in [6.07, 6.45) is -0.672. The number of hydrogen-bond acceptors (Lipinski definition) is 2. The Bertz CT molecular complexity index is 315. The lowest BCUT2D eigenvalue weighted by molar-refractivity contribution is 0.186. The average molecular weight is 220 g/mol. The fourth-order valence-corrected chi connectivity index (χ4v) is 1.54. The molecule has 0 amide bonds. The van der Waals surface area contributed by atoms with Crippen LogP contribution in [-0.2, 0) is 0 Å². The van der Waals surface area contributed by atoms with E-state index >= 15 is 0 Å². The van der Waals surface area contributed by atoms with Crippen molar-refractivity contribution in [2.24, 2.45) is 5.73 Å². The van der Waals surface area contributed by atoms with E-state index in [0.29, 0.717) is 10.0 Å². The summed E-state index contributed by atoms with van der Waals surface area (Å²) in [5.41, 5.74) is 6.96. The van der Waals surface area contributed by atoms with Crippen molar-refractivity contribution in [1.82, 2.24) is 0 Å². The van der Waals surface area contributed by atoms with Crippen LogP contribution in [0.4, 0.5) is 0 Å². The molecule has 0 spiro atoms. The lowest BCUT2D eigenvalue weighted by atomic mass is 10.0. The first-order chi connectivity index (χ1) is 6.06. The number of benzene rings is 1. The minimum absolute atomic E-state index is 0.179. The molecule has 1 atom stereocenters. The zero-order chi connectivity index (χ0) is 10.0. The molecule has 0 aromatic heterocycles. The number of aliphatic hydroxyl groups is 1. The summed E-state index contributed by atoms with van der Waals surface area (Å²) in [4.78, 5) is 0. The van der Waals surface area contributed by atoms with Gasteiger partial charge in [0.25, 0.3) is 0 Å². The normalized spacial score (nSPS) is 13.0. The maximum absolute atomic E-state index is 9.50. The third kappa shape index (κ3) is 2.35. The van der Waals surface area contributed by atoms with E-state index in [1.807, 2.05) is 6.92 Å². The fraction of sp³-hybridized carbons (Fsp3) is 0.333. The van der Waals surface area contributed by atoms with E-state index < -0.39 is 6.10 Å². The molecule has 2 nitrogen and oxygen atoms in total. The molecular weight excluding hydrogens is 209 g/mol. The van der Waals surface area contributed by atoms with Gasteiger partial charge < -0.3 is 10.8 Å². The summed E-state index contributed by atoms with van der Waals surface area (Å²) in [7, 11) is 0. The summed E-state index contributed by atoms with van der Waals surface area (Å²) in [5, 5.41) is 10.4. The maximum atomic E-state index is 9.50. The summed E-state index contributed by atoms with van der Waals surface area (Å²) < 4.78 is 0. The van der Waals surface area contributed by atoms with Crippen molar-refractivity contribution in [3.8, 4) is 0 Å². The molecule has 0 saturated carbocycles. The molecule has 72 valence electrons. The summed E-state index contributed by atoms with van der Waals surface area (Å²) in [6, 6.07) is 3.37. The van der Waals surface area contributed by atoms with E-state index in [-0.39, 0.29) is 6.54 Å². The third-order valence-corrected chi connectivity index (χ3v) is 2.61. The van der Waals surface area contributed by atoms with Crippen molar-refractivity contribution in [2.75, 3.05) is 6.54 Å². The number of aliphatic hydroxyl groups excluding tert-OH is 1. The van der Waals surface area contributed by atoms with Crippen LogP contribution in [0.3, 0.4) is 0 Å². The molecule has 0 aliphatic carbocycles. The van der Waals surface area contributed by atoms with E-state index in [0.717, 1.165) is 11.1 Å². The molecule has 0 heterocycles. The highest BCUT2D eigenvalue weighted by Gasteiger charge is 2.10. The largest absolute Gasteiger partial charge is 0.387 e. The SMILES string of the molecule is Cc1cc(Cl)c(Cl)cc1C(O)CN. The zero-order valence-electron chi connectivity index (χ0n) is 7.22. The molecule has 0 fully saturated rings. The molecule has 0 aliphatic heterocycles. The number of nitrogens with two attached hydrogens (primary N) is 1. The molecule has 1 aromatic carbocycles. The molecule has 0 radical (unpaired) electrons. The Balaban J connectivity index is 3.15. The highest BCUT2D eigenvalue weighted by molar-refractivity contribution is 6.42. The second kappa shape index (κ2) is 4.29. The van der Waals surface area contributed by atoms with Gasteiger partial charge in [-0.05, 0) is 30.2 Å². The number of aryl methyl sites for hydroxylation is 1. The third-order valence-electron chi connectivity index (χ3n) is 1.89. The molecule has 4 heteroatoms. The number of halogens is 2. The molecule has 0 bridgehead atoms. The van der Waals surface area contributed by atoms with Crippen LogP contribution >= 0.6 is 23.2 Å². The van der Waals surface area contributed by atoms with Crippen molar-refractivity contribution in [1.29, 1.82) is 0 Å². The van der Waals surface area contributed by atoms with Gasteiger partial charge in [-0.3, -0.25) is 0 Å². The van der Waals surface area contributed by atoms with Crippen molar-refractivity contribution >= 4 is 23.2 Å². The Kier molecular flexibility index (Phi) is 3.56. The molecule has 0 aliphatic rings. The lowest BCUT2D eigenvalue weighted by Gasteiger charge is -2.12. The van der Waals surface area contributed by atoms with Crippen LogP contribution in [0.15, 0.2) is 12.1 Å². The molecule has 13 heavy (non-hydrogen) atoms. The topological polar surface area (TPSA) is 46.2 Å². The van der Waals surface area contributed by atoms with E-state index in [9.17, 15) is 5.11 Å². The van der Waals surface area contributed by atoms with Gasteiger partial charge in [0.1, 0.15) is 0 Å². The molecular formula is C9H11Cl2NO. The highest BCUT2D eigenvalue weighted by atomic mass is 35.5. The van der Waals surface area contributed by atoms with Crippen LogP contribution < -0.4 is 5.73 Å². The first-order valence-electron chi connectivity index (χ1n) is 3.90. The Morgan fingerprint density at radius 1 is 1.38 bits per heavy atom. The van der Waals surface area contributed by atoms with Crippen LogP contribution in [0.1, 0.15) is 17.2 Å².